The summed E-state index contributed by atoms with van der Waals surface area (Å²) in [7, 11) is 0. The van der Waals surface area contributed by atoms with Crippen LogP contribution in [0.15, 0.2) is 24.3 Å². The molecule has 0 aliphatic carbocycles. The number of hydrogen-bond acceptors (Lipinski definition) is 4. The first kappa shape index (κ1) is 19.3. The first-order valence-electron chi connectivity index (χ1n) is 8.88. The topological polar surface area (TPSA) is 62.6 Å². The number of benzene rings is 1. The highest BCUT2D eigenvalue weighted by Gasteiger charge is 2.36. The first-order valence-corrected chi connectivity index (χ1v) is 8.88. The molecule has 1 aromatic carbocycles. The highest BCUT2D eigenvalue weighted by atomic mass is 16.6. The fraction of sp³-hybridized carbons (Fsp3) is 0.600. The van der Waals surface area contributed by atoms with E-state index in [1.54, 1.807) is 4.90 Å². The molecule has 0 saturated carbocycles. The third-order valence-electron chi connectivity index (χ3n) is 4.60. The lowest BCUT2D eigenvalue weighted by Crippen LogP contribution is -2.49. The van der Waals surface area contributed by atoms with E-state index in [1.165, 1.54) is 0 Å². The summed E-state index contributed by atoms with van der Waals surface area (Å²) in [5, 5.41) is 8.86. The van der Waals surface area contributed by atoms with E-state index in [1.807, 2.05) is 45.0 Å². The third kappa shape index (κ3) is 5.47. The van der Waals surface area contributed by atoms with E-state index >= 15 is 0 Å². The van der Waals surface area contributed by atoms with Crippen LogP contribution in [-0.4, -0.2) is 35.3 Å². The summed E-state index contributed by atoms with van der Waals surface area (Å²) in [5.41, 5.74) is 1.04. The van der Waals surface area contributed by atoms with Crippen molar-refractivity contribution in [3.05, 3.63) is 35.4 Å². The van der Waals surface area contributed by atoms with Crippen LogP contribution in [0, 0.1) is 11.3 Å². The summed E-state index contributed by atoms with van der Waals surface area (Å²) in [6.07, 6.45) is 2.27. The van der Waals surface area contributed by atoms with Crippen LogP contribution in [0.5, 0.6) is 0 Å². The maximum absolute atomic E-state index is 12.2. The number of hydrogen-bond donors (Lipinski definition) is 0. The van der Waals surface area contributed by atoms with Gasteiger partial charge in [-0.05, 0) is 57.7 Å². The number of nitrogens with zero attached hydrogens (tertiary/aromatic N) is 2. The van der Waals surface area contributed by atoms with Crippen LogP contribution in [0.1, 0.15) is 58.1 Å². The highest BCUT2D eigenvalue weighted by Crippen LogP contribution is 2.31. The monoisotopic (exact) mass is 344 g/mol. The van der Waals surface area contributed by atoms with Gasteiger partial charge in [-0.1, -0.05) is 19.1 Å². The van der Waals surface area contributed by atoms with Gasteiger partial charge in [-0.15, -0.1) is 0 Å². The van der Waals surface area contributed by atoms with Crippen LogP contribution < -0.4 is 0 Å². The largest absolute Gasteiger partial charge is 0.444 e. The van der Waals surface area contributed by atoms with Crippen LogP contribution in [0.3, 0.4) is 0 Å². The normalized spacial score (nSPS) is 17.0. The van der Waals surface area contributed by atoms with E-state index in [4.69, 9.17) is 14.7 Å². The molecule has 1 aromatic rings. The Labute approximate surface area is 150 Å². The summed E-state index contributed by atoms with van der Waals surface area (Å²) in [5.74, 6) is 0. The molecular weight excluding hydrogens is 316 g/mol. The molecule has 1 heterocycles. The van der Waals surface area contributed by atoms with Gasteiger partial charge < -0.3 is 14.4 Å². The number of carbonyl (C=O) groups excluding carboxylic acids is 1. The van der Waals surface area contributed by atoms with E-state index < -0.39 is 5.60 Å². The van der Waals surface area contributed by atoms with Crippen molar-refractivity contribution in [3.63, 3.8) is 0 Å². The molecule has 0 bridgehead atoms. The minimum atomic E-state index is -0.470. The fourth-order valence-electron chi connectivity index (χ4n) is 2.94. The first-order chi connectivity index (χ1) is 11.8. The van der Waals surface area contributed by atoms with E-state index in [0.717, 1.165) is 24.8 Å². The van der Waals surface area contributed by atoms with Crippen molar-refractivity contribution >= 4 is 6.09 Å². The second-order valence-electron chi connectivity index (χ2n) is 7.60. The molecule has 2 rings (SSSR count). The summed E-state index contributed by atoms with van der Waals surface area (Å²) in [4.78, 5) is 14.0. The second-order valence-corrected chi connectivity index (χ2v) is 7.60. The molecule has 0 radical (unpaired) electrons. The van der Waals surface area contributed by atoms with Gasteiger partial charge in [0, 0.05) is 13.1 Å². The summed E-state index contributed by atoms with van der Waals surface area (Å²) in [6, 6.07) is 9.59. The van der Waals surface area contributed by atoms with E-state index in [0.29, 0.717) is 25.3 Å². The Bertz CT molecular complexity index is 618. The second kappa shape index (κ2) is 7.88. The van der Waals surface area contributed by atoms with Crippen LogP contribution in [0.2, 0.25) is 0 Å². The lowest BCUT2D eigenvalue weighted by molar-refractivity contribution is -0.0954. The Morgan fingerprint density at radius 2 is 1.84 bits per heavy atom. The zero-order valence-corrected chi connectivity index (χ0v) is 15.7. The molecule has 5 heteroatoms. The molecule has 1 aliphatic rings. The maximum Gasteiger partial charge on any atom is 0.410 e. The number of carbonyl (C=O) groups is 1. The van der Waals surface area contributed by atoms with Gasteiger partial charge in [-0.25, -0.2) is 4.79 Å². The van der Waals surface area contributed by atoms with Crippen molar-refractivity contribution in [2.45, 2.75) is 64.8 Å². The summed E-state index contributed by atoms with van der Waals surface area (Å²) < 4.78 is 11.7. The lowest BCUT2D eigenvalue weighted by atomic mass is 9.88. The Morgan fingerprint density at radius 1 is 1.24 bits per heavy atom. The molecule has 0 unspecified atom stereocenters. The van der Waals surface area contributed by atoms with Crippen LogP contribution in [-0.2, 0) is 16.1 Å². The maximum atomic E-state index is 12.2. The van der Waals surface area contributed by atoms with E-state index in [-0.39, 0.29) is 11.7 Å². The van der Waals surface area contributed by atoms with Gasteiger partial charge >= 0.3 is 6.09 Å². The molecule has 1 aliphatic heterocycles. The fourth-order valence-corrected chi connectivity index (χ4v) is 2.94. The summed E-state index contributed by atoms with van der Waals surface area (Å²) in [6.45, 7) is 9.59. The molecule has 1 amide bonds. The van der Waals surface area contributed by atoms with Gasteiger partial charge in [0.15, 0.2) is 0 Å². The SMILES string of the molecule is CCC1(OCc2ccc(C#N)cc2)CCN(C(=O)OC(C)(C)C)CC1. The Balaban J connectivity index is 1.89. The van der Waals surface area contributed by atoms with Crippen molar-refractivity contribution in [1.29, 1.82) is 5.26 Å². The van der Waals surface area contributed by atoms with Crippen molar-refractivity contribution in [2.24, 2.45) is 0 Å². The standard InChI is InChI=1S/C20H28N2O3/c1-5-20(24-15-17-8-6-16(14-21)7-9-17)10-12-22(13-11-20)18(23)25-19(2,3)4/h6-9H,5,10-13,15H2,1-4H3. The molecule has 136 valence electrons. The van der Waals surface area contributed by atoms with Gasteiger partial charge in [0.2, 0.25) is 0 Å². The number of nitriles is 1. The van der Waals surface area contributed by atoms with Gasteiger partial charge in [0.1, 0.15) is 5.60 Å². The number of rotatable bonds is 4. The van der Waals surface area contributed by atoms with E-state index in [2.05, 4.69) is 13.0 Å². The Hall–Kier alpha value is -2.06. The Morgan fingerprint density at radius 3 is 2.32 bits per heavy atom. The third-order valence-corrected chi connectivity index (χ3v) is 4.60. The molecule has 1 saturated heterocycles. The quantitative estimate of drug-likeness (QED) is 0.819. The van der Waals surface area contributed by atoms with Crippen molar-refractivity contribution < 1.29 is 14.3 Å². The molecule has 1 fully saturated rings. The molecule has 25 heavy (non-hydrogen) atoms. The van der Waals surface area contributed by atoms with Crippen molar-refractivity contribution in [2.75, 3.05) is 13.1 Å². The summed E-state index contributed by atoms with van der Waals surface area (Å²) >= 11 is 0. The Kier molecular flexibility index (Phi) is 6.07. The zero-order valence-electron chi connectivity index (χ0n) is 15.7. The van der Waals surface area contributed by atoms with Crippen molar-refractivity contribution in [1.82, 2.24) is 4.90 Å². The smallest absolute Gasteiger partial charge is 0.410 e. The van der Waals surface area contributed by atoms with Gasteiger partial charge in [-0.2, -0.15) is 5.26 Å². The molecule has 5 nitrogen and oxygen atoms in total. The number of piperidine rings is 1. The van der Waals surface area contributed by atoms with Crippen LogP contribution in [0.4, 0.5) is 4.79 Å². The van der Waals surface area contributed by atoms with Gasteiger partial charge in [-0.3, -0.25) is 0 Å². The average Bonchev–Trinajstić information content (AvgIpc) is 2.59. The molecule has 0 aromatic heterocycles. The number of ether oxygens (including phenoxy) is 2. The minimum Gasteiger partial charge on any atom is -0.444 e. The lowest BCUT2D eigenvalue weighted by Gasteiger charge is -2.41. The minimum absolute atomic E-state index is 0.202. The zero-order chi connectivity index (χ0) is 18.5. The van der Waals surface area contributed by atoms with Gasteiger partial charge in [0.05, 0.1) is 23.8 Å². The van der Waals surface area contributed by atoms with Gasteiger partial charge in [0.25, 0.3) is 0 Å². The van der Waals surface area contributed by atoms with E-state index in [9.17, 15) is 4.79 Å². The molecule has 0 N–H and O–H groups in total. The average molecular weight is 344 g/mol. The number of likely N-dealkylation sites (tertiary alicyclic amines) is 1. The predicted octanol–water partition coefficient (Wildman–Crippen LogP) is 4.25. The molecular formula is C20H28N2O3. The van der Waals surface area contributed by atoms with Crippen molar-refractivity contribution in [3.8, 4) is 6.07 Å². The van der Waals surface area contributed by atoms with Crippen LogP contribution in [0.25, 0.3) is 0 Å². The van der Waals surface area contributed by atoms with Crippen LogP contribution >= 0.6 is 0 Å². The molecule has 0 atom stereocenters. The molecule has 0 spiro atoms. The highest BCUT2D eigenvalue weighted by molar-refractivity contribution is 5.68. The predicted molar refractivity (Wildman–Crippen MR) is 96.0 cm³/mol. The number of amides is 1.